The second-order valence-corrected chi connectivity index (χ2v) is 9.91. The van der Waals surface area contributed by atoms with E-state index in [1.165, 1.54) is 54.8 Å². The SMILES string of the molecule is CC1=CC[C@@H]2C[C@H]1[C@H](c1ccc(OC[C@H](O)C[NH+]3CCCCC3)cc1)OC2(C)C. The Bertz CT molecular complexity index is 705. The van der Waals surface area contributed by atoms with Gasteiger partial charge < -0.3 is 19.5 Å². The molecule has 1 aromatic rings. The summed E-state index contributed by atoms with van der Waals surface area (Å²) in [5.74, 6) is 1.91. The van der Waals surface area contributed by atoms with Crippen LogP contribution >= 0.6 is 0 Å². The summed E-state index contributed by atoms with van der Waals surface area (Å²) in [4.78, 5) is 1.51. The van der Waals surface area contributed by atoms with Crippen LogP contribution in [-0.4, -0.2) is 43.1 Å². The lowest BCUT2D eigenvalue weighted by atomic mass is 9.69. The Hall–Kier alpha value is -1.36. The minimum Gasteiger partial charge on any atom is -0.491 e. The van der Waals surface area contributed by atoms with Gasteiger partial charge in [-0.1, -0.05) is 23.8 Å². The van der Waals surface area contributed by atoms with E-state index < -0.39 is 6.10 Å². The Morgan fingerprint density at radius 2 is 1.90 bits per heavy atom. The number of nitrogens with one attached hydrogen (secondary N) is 1. The minimum absolute atomic E-state index is 0.0889. The highest BCUT2D eigenvalue weighted by Crippen LogP contribution is 2.50. The Morgan fingerprint density at radius 3 is 2.62 bits per heavy atom. The maximum Gasteiger partial charge on any atom is 0.137 e. The second kappa shape index (κ2) is 8.79. The van der Waals surface area contributed by atoms with Gasteiger partial charge >= 0.3 is 0 Å². The molecule has 1 aliphatic carbocycles. The van der Waals surface area contributed by atoms with Crippen molar-refractivity contribution in [3.63, 3.8) is 0 Å². The van der Waals surface area contributed by atoms with E-state index in [4.69, 9.17) is 9.47 Å². The fourth-order valence-electron chi connectivity index (χ4n) is 5.40. The molecule has 0 aromatic heterocycles. The van der Waals surface area contributed by atoms with Gasteiger partial charge in [-0.3, -0.25) is 0 Å². The van der Waals surface area contributed by atoms with Crippen LogP contribution < -0.4 is 9.64 Å². The third-order valence-corrected chi connectivity index (χ3v) is 7.36. The first-order chi connectivity index (χ1) is 13.9. The predicted molar refractivity (Wildman–Crippen MR) is 115 cm³/mol. The summed E-state index contributed by atoms with van der Waals surface area (Å²) in [5, 5.41) is 10.3. The Labute approximate surface area is 175 Å². The first-order valence-corrected chi connectivity index (χ1v) is 11.5. The van der Waals surface area contributed by atoms with Crippen molar-refractivity contribution in [2.24, 2.45) is 11.8 Å². The number of hydrogen-bond donors (Lipinski definition) is 2. The highest BCUT2D eigenvalue weighted by Gasteiger charge is 2.45. The molecular weight excluding hydrogens is 362 g/mol. The van der Waals surface area contributed by atoms with Crippen molar-refractivity contribution in [1.29, 1.82) is 0 Å². The van der Waals surface area contributed by atoms with Crippen molar-refractivity contribution in [3.05, 3.63) is 41.5 Å². The molecule has 0 saturated carbocycles. The first kappa shape index (κ1) is 20.9. The molecule has 0 radical (unpaired) electrons. The highest BCUT2D eigenvalue weighted by atomic mass is 16.5. The van der Waals surface area contributed by atoms with Gasteiger partial charge in [0.15, 0.2) is 0 Å². The average Bonchev–Trinajstić information content (AvgIpc) is 2.72. The molecular formula is C25H38NO3+. The van der Waals surface area contributed by atoms with Gasteiger partial charge in [-0.2, -0.15) is 0 Å². The van der Waals surface area contributed by atoms with Gasteiger partial charge in [-0.15, -0.1) is 0 Å². The third kappa shape index (κ3) is 4.87. The predicted octanol–water partition coefficient (Wildman–Crippen LogP) is 3.32. The molecule has 4 rings (SSSR count). The number of hydrogen-bond acceptors (Lipinski definition) is 3. The Kier molecular flexibility index (Phi) is 6.33. The van der Waals surface area contributed by atoms with Gasteiger partial charge in [0.25, 0.3) is 0 Å². The molecule has 4 heteroatoms. The summed E-state index contributed by atoms with van der Waals surface area (Å²) < 4.78 is 12.5. The Morgan fingerprint density at radius 1 is 1.17 bits per heavy atom. The zero-order valence-electron chi connectivity index (χ0n) is 18.3. The molecule has 2 aliphatic heterocycles. The molecule has 3 aliphatic rings. The lowest BCUT2D eigenvalue weighted by molar-refractivity contribution is -0.908. The number of rotatable bonds is 6. The highest BCUT2D eigenvalue weighted by molar-refractivity contribution is 5.31. The molecule has 0 amide bonds. The van der Waals surface area contributed by atoms with Crippen molar-refractivity contribution in [2.75, 3.05) is 26.2 Å². The van der Waals surface area contributed by atoms with E-state index in [1.54, 1.807) is 0 Å². The van der Waals surface area contributed by atoms with Crippen LogP contribution in [-0.2, 0) is 4.74 Å². The number of ether oxygens (including phenoxy) is 2. The van der Waals surface area contributed by atoms with E-state index in [9.17, 15) is 5.11 Å². The molecule has 2 fully saturated rings. The molecule has 1 aromatic carbocycles. The number of aliphatic hydroxyl groups is 1. The summed E-state index contributed by atoms with van der Waals surface area (Å²) in [6.45, 7) is 10.2. The number of benzene rings is 1. The number of aliphatic hydroxyl groups excluding tert-OH is 1. The fourth-order valence-corrected chi connectivity index (χ4v) is 5.40. The maximum atomic E-state index is 10.3. The van der Waals surface area contributed by atoms with E-state index in [2.05, 4.69) is 39.0 Å². The summed E-state index contributed by atoms with van der Waals surface area (Å²) in [7, 11) is 0. The van der Waals surface area contributed by atoms with Crippen molar-refractivity contribution < 1.29 is 19.5 Å². The van der Waals surface area contributed by atoms with E-state index in [0.29, 0.717) is 18.4 Å². The zero-order valence-corrected chi connectivity index (χ0v) is 18.3. The van der Waals surface area contributed by atoms with Crippen LogP contribution in [0, 0.1) is 11.8 Å². The third-order valence-electron chi connectivity index (χ3n) is 7.36. The molecule has 160 valence electrons. The van der Waals surface area contributed by atoms with E-state index in [-0.39, 0.29) is 11.7 Å². The molecule has 0 unspecified atom stereocenters. The molecule has 2 heterocycles. The van der Waals surface area contributed by atoms with Crippen molar-refractivity contribution >= 4 is 0 Å². The standard InChI is InChI=1S/C25H37NO3/c1-18-7-10-20-15-23(18)24(29-25(20,2)3)19-8-11-22(12-9-19)28-17-21(27)16-26-13-5-4-6-14-26/h7-9,11-12,20-21,23-24,27H,4-6,10,13-17H2,1-3H3/p+1/t20-,21-,23-,24+/m1/s1. The number of likely N-dealkylation sites (tertiary alicyclic amines) is 1. The van der Waals surface area contributed by atoms with Gasteiger partial charge in [0.1, 0.15) is 25.0 Å². The molecule has 2 N–H and O–H groups in total. The molecule has 29 heavy (non-hydrogen) atoms. The van der Waals surface area contributed by atoms with Crippen LogP contribution in [0.5, 0.6) is 5.75 Å². The quantitative estimate of drug-likeness (QED) is 0.720. The summed E-state index contributed by atoms with van der Waals surface area (Å²) in [6.07, 6.45) is 8.36. The second-order valence-electron chi connectivity index (χ2n) is 9.91. The minimum atomic E-state index is -0.405. The van der Waals surface area contributed by atoms with Crippen LogP contribution in [0.1, 0.15) is 64.5 Å². The van der Waals surface area contributed by atoms with Gasteiger partial charge in [-0.05, 0) is 76.5 Å². The monoisotopic (exact) mass is 400 g/mol. The molecule has 4 nitrogen and oxygen atoms in total. The van der Waals surface area contributed by atoms with Crippen LogP contribution in [0.25, 0.3) is 0 Å². The summed E-state index contributed by atoms with van der Waals surface area (Å²) in [6, 6.07) is 8.33. The lowest BCUT2D eigenvalue weighted by Gasteiger charge is -2.49. The summed E-state index contributed by atoms with van der Waals surface area (Å²) in [5.41, 5.74) is 2.60. The van der Waals surface area contributed by atoms with Crippen molar-refractivity contribution in [3.8, 4) is 5.75 Å². The molecule has 2 saturated heterocycles. The van der Waals surface area contributed by atoms with Crippen LogP contribution in [0.3, 0.4) is 0 Å². The molecule has 2 bridgehead atoms. The molecule has 0 spiro atoms. The van der Waals surface area contributed by atoms with Crippen molar-refractivity contribution in [2.45, 2.75) is 70.7 Å². The summed E-state index contributed by atoms with van der Waals surface area (Å²) >= 11 is 0. The van der Waals surface area contributed by atoms with Crippen LogP contribution in [0.2, 0.25) is 0 Å². The lowest BCUT2D eigenvalue weighted by Crippen LogP contribution is -3.14. The van der Waals surface area contributed by atoms with Gasteiger partial charge in [-0.25, -0.2) is 0 Å². The first-order valence-electron chi connectivity index (χ1n) is 11.5. The van der Waals surface area contributed by atoms with Gasteiger partial charge in [0, 0.05) is 5.92 Å². The van der Waals surface area contributed by atoms with Gasteiger partial charge in [0.2, 0.25) is 0 Å². The maximum absolute atomic E-state index is 10.3. The normalized spacial score (nSPS) is 30.5. The average molecular weight is 401 g/mol. The Balaban J connectivity index is 1.35. The van der Waals surface area contributed by atoms with Crippen LogP contribution in [0.4, 0.5) is 0 Å². The largest absolute Gasteiger partial charge is 0.491 e. The van der Waals surface area contributed by atoms with Gasteiger partial charge in [0.05, 0.1) is 24.8 Å². The van der Waals surface area contributed by atoms with Crippen LogP contribution in [0.15, 0.2) is 35.9 Å². The number of piperidine rings is 1. The zero-order chi connectivity index (χ0) is 20.4. The van der Waals surface area contributed by atoms with Crippen molar-refractivity contribution in [1.82, 2.24) is 0 Å². The van der Waals surface area contributed by atoms with E-state index in [1.807, 2.05) is 12.1 Å². The number of fused-ring (bicyclic) bond motifs is 2. The number of quaternary nitrogens is 1. The topological polar surface area (TPSA) is 43.1 Å². The number of allylic oxidation sites excluding steroid dienone is 1. The van der Waals surface area contributed by atoms with E-state index >= 15 is 0 Å². The fraction of sp³-hybridized carbons (Fsp3) is 0.680. The smallest absolute Gasteiger partial charge is 0.137 e. The van der Waals surface area contributed by atoms with E-state index in [0.717, 1.165) is 18.7 Å². The molecule has 4 atom stereocenters.